The molecule has 0 saturated carbocycles. The summed E-state index contributed by atoms with van der Waals surface area (Å²) in [5.41, 5.74) is 0. The molecule has 0 aromatic carbocycles. The molecule has 0 amide bonds. The second-order valence-electron chi connectivity index (χ2n) is 3.90. The Morgan fingerprint density at radius 2 is 1.86 bits per heavy atom. The van der Waals surface area contributed by atoms with Crippen LogP contribution in [-0.2, 0) is 14.2 Å². The fourth-order valence-corrected chi connectivity index (χ4v) is 1.87. The standard InChI is InChI=1S/C10H19NO3/c1-2-9(13-4-1)6-11-7-10-3-5-12-8-14-10/h9-11H,1-8H2. The second-order valence-corrected chi connectivity index (χ2v) is 3.90. The summed E-state index contributed by atoms with van der Waals surface area (Å²) in [5, 5.41) is 3.39. The van der Waals surface area contributed by atoms with Crippen molar-refractivity contribution in [2.75, 3.05) is 33.1 Å². The van der Waals surface area contributed by atoms with Crippen molar-refractivity contribution < 1.29 is 14.2 Å². The summed E-state index contributed by atoms with van der Waals surface area (Å²) < 4.78 is 16.0. The lowest BCUT2D eigenvalue weighted by atomic mass is 10.2. The van der Waals surface area contributed by atoms with Gasteiger partial charge in [-0.15, -0.1) is 0 Å². The van der Waals surface area contributed by atoms with E-state index < -0.39 is 0 Å². The van der Waals surface area contributed by atoms with Crippen LogP contribution in [-0.4, -0.2) is 45.3 Å². The molecule has 0 aromatic heterocycles. The Bertz CT molecular complexity index is 153. The molecule has 1 N–H and O–H groups in total. The maximum atomic E-state index is 5.51. The van der Waals surface area contributed by atoms with E-state index >= 15 is 0 Å². The lowest BCUT2D eigenvalue weighted by molar-refractivity contribution is -0.137. The van der Waals surface area contributed by atoms with Crippen molar-refractivity contribution in [2.24, 2.45) is 0 Å². The van der Waals surface area contributed by atoms with E-state index in [0.29, 0.717) is 19.0 Å². The molecule has 0 aliphatic carbocycles. The zero-order valence-electron chi connectivity index (χ0n) is 8.54. The van der Waals surface area contributed by atoms with Crippen LogP contribution in [0.25, 0.3) is 0 Å². The topological polar surface area (TPSA) is 39.7 Å². The lowest BCUT2D eigenvalue weighted by Crippen LogP contribution is -2.37. The summed E-state index contributed by atoms with van der Waals surface area (Å²) in [7, 11) is 0. The van der Waals surface area contributed by atoms with Crippen molar-refractivity contribution in [3.63, 3.8) is 0 Å². The molecule has 0 aromatic rings. The van der Waals surface area contributed by atoms with E-state index in [1.165, 1.54) is 12.8 Å². The van der Waals surface area contributed by atoms with Gasteiger partial charge in [0.15, 0.2) is 0 Å². The van der Waals surface area contributed by atoms with E-state index in [1.54, 1.807) is 0 Å². The Kier molecular flexibility index (Phi) is 4.19. The predicted molar refractivity (Wildman–Crippen MR) is 52.2 cm³/mol. The van der Waals surface area contributed by atoms with Gasteiger partial charge in [-0.3, -0.25) is 0 Å². The molecule has 2 aliphatic rings. The van der Waals surface area contributed by atoms with E-state index in [9.17, 15) is 0 Å². The Morgan fingerprint density at radius 1 is 1.00 bits per heavy atom. The molecule has 2 fully saturated rings. The molecule has 4 nitrogen and oxygen atoms in total. The van der Waals surface area contributed by atoms with Crippen molar-refractivity contribution in [3.8, 4) is 0 Å². The predicted octanol–water partition coefficient (Wildman–Crippen LogP) is 0.518. The van der Waals surface area contributed by atoms with Gasteiger partial charge in [-0.1, -0.05) is 0 Å². The maximum Gasteiger partial charge on any atom is 0.147 e. The first-order chi connectivity index (χ1) is 6.95. The minimum absolute atomic E-state index is 0.324. The van der Waals surface area contributed by atoms with Crippen molar-refractivity contribution >= 4 is 0 Å². The minimum Gasteiger partial charge on any atom is -0.377 e. The van der Waals surface area contributed by atoms with Crippen molar-refractivity contribution in [3.05, 3.63) is 0 Å². The third-order valence-corrected chi connectivity index (χ3v) is 2.74. The molecule has 2 heterocycles. The van der Waals surface area contributed by atoms with Crippen LogP contribution in [0.5, 0.6) is 0 Å². The van der Waals surface area contributed by atoms with Crippen LogP contribution in [0, 0.1) is 0 Å². The van der Waals surface area contributed by atoms with Gasteiger partial charge in [0.05, 0.1) is 18.8 Å². The summed E-state index contributed by atoms with van der Waals surface area (Å²) in [5.74, 6) is 0. The monoisotopic (exact) mass is 201 g/mol. The van der Waals surface area contributed by atoms with Crippen molar-refractivity contribution in [1.82, 2.24) is 5.32 Å². The van der Waals surface area contributed by atoms with Gasteiger partial charge in [0.25, 0.3) is 0 Å². The van der Waals surface area contributed by atoms with E-state index in [4.69, 9.17) is 14.2 Å². The summed E-state index contributed by atoms with van der Waals surface area (Å²) in [4.78, 5) is 0. The van der Waals surface area contributed by atoms with Crippen molar-refractivity contribution in [1.29, 1.82) is 0 Å². The number of hydrogen-bond acceptors (Lipinski definition) is 4. The molecule has 0 bridgehead atoms. The molecule has 2 rings (SSSR count). The number of rotatable bonds is 4. The van der Waals surface area contributed by atoms with Gasteiger partial charge in [-0.05, 0) is 19.3 Å². The van der Waals surface area contributed by atoms with Gasteiger partial charge in [0, 0.05) is 19.7 Å². The zero-order chi connectivity index (χ0) is 9.64. The van der Waals surface area contributed by atoms with Crippen LogP contribution in [0.3, 0.4) is 0 Å². The maximum absolute atomic E-state index is 5.51. The van der Waals surface area contributed by atoms with E-state index in [0.717, 1.165) is 32.7 Å². The summed E-state index contributed by atoms with van der Waals surface area (Å²) in [6, 6.07) is 0. The van der Waals surface area contributed by atoms with Gasteiger partial charge in [0.1, 0.15) is 6.79 Å². The van der Waals surface area contributed by atoms with Gasteiger partial charge in [-0.2, -0.15) is 0 Å². The Hall–Kier alpha value is -0.160. The fourth-order valence-electron chi connectivity index (χ4n) is 1.87. The summed E-state index contributed by atoms with van der Waals surface area (Å²) in [6.07, 6.45) is 4.15. The average molecular weight is 201 g/mol. The van der Waals surface area contributed by atoms with Gasteiger partial charge >= 0.3 is 0 Å². The Morgan fingerprint density at radius 3 is 2.50 bits per heavy atom. The first-order valence-electron chi connectivity index (χ1n) is 5.47. The highest BCUT2D eigenvalue weighted by molar-refractivity contribution is 4.70. The number of ether oxygens (including phenoxy) is 3. The highest BCUT2D eigenvalue weighted by Crippen LogP contribution is 2.11. The lowest BCUT2D eigenvalue weighted by Gasteiger charge is -2.23. The molecule has 2 saturated heterocycles. The van der Waals surface area contributed by atoms with Crippen LogP contribution in [0.1, 0.15) is 19.3 Å². The zero-order valence-corrected chi connectivity index (χ0v) is 8.54. The van der Waals surface area contributed by atoms with Gasteiger partial charge in [0.2, 0.25) is 0 Å². The SMILES string of the molecule is C1COC(CNCC2CCOCO2)C1. The van der Waals surface area contributed by atoms with Gasteiger partial charge in [-0.25, -0.2) is 0 Å². The van der Waals surface area contributed by atoms with E-state index in [1.807, 2.05) is 0 Å². The molecule has 82 valence electrons. The Balaban J connectivity index is 1.52. The number of nitrogens with one attached hydrogen (secondary N) is 1. The molecule has 2 atom stereocenters. The first kappa shape index (κ1) is 10.4. The summed E-state index contributed by atoms with van der Waals surface area (Å²) in [6.45, 7) is 4.09. The first-order valence-corrected chi connectivity index (χ1v) is 5.47. The molecule has 14 heavy (non-hydrogen) atoms. The molecule has 4 heteroatoms. The third-order valence-electron chi connectivity index (χ3n) is 2.74. The minimum atomic E-state index is 0.324. The summed E-state index contributed by atoms with van der Waals surface area (Å²) >= 11 is 0. The second kappa shape index (κ2) is 5.66. The third kappa shape index (κ3) is 3.20. The molecule has 0 radical (unpaired) electrons. The normalized spacial score (nSPS) is 33.4. The van der Waals surface area contributed by atoms with Gasteiger partial charge < -0.3 is 19.5 Å². The highest BCUT2D eigenvalue weighted by atomic mass is 16.7. The van der Waals surface area contributed by atoms with Crippen LogP contribution in [0.4, 0.5) is 0 Å². The van der Waals surface area contributed by atoms with Crippen LogP contribution in [0.15, 0.2) is 0 Å². The Labute approximate surface area is 84.9 Å². The molecule has 0 spiro atoms. The van der Waals surface area contributed by atoms with Crippen LogP contribution >= 0.6 is 0 Å². The smallest absolute Gasteiger partial charge is 0.147 e. The molecular formula is C10H19NO3. The fraction of sp³-hybridized carbons (Fsp3) is 1.00. The molecule has 2 unspecified atom stereocenters. The van der Waals surface area contributed by atoms with Crippen LogP contribution in [0.2, 0.25) is 0 Å². The average Bonchev–Trinajstić information content (AvgIpc) is 2.72. The van der Waals surface area contributed by atoms with E-state index in [-0.39, 0.29) is 0 Å². The molecular weight excluding hydrogens is 182 g/mol. The van der Waals surface area contributed by atoms with Crippen molar-refractivity contribution in [2.45, 2.75) is 31.5 Å². The van der Waals surface area contributed by atoms with Crippen LogP contribution < -0.4 is 5.32 Å². The molecule has 2 aliphatic heterocycles. The quantitative estimate of drug-likeness (QED) is 0.719. The highest BCUT2D eigenvalue weighted by Gasteiger charge is 2.17. The van der Waals surface area contributed by atoms with E-state index in [2.05, 4.69) is 5.32 Å². The largest absolute Gasteiger partial charge is 0.377 e. The number of hydrogen-bond donors (Lipinski definition) is 1.